The summed E-state index contributed by atoms with van der Waals surface area (Å²) >= 11 is 0. The number of H-pyrrole nitrogens is 1. The van der Waals surface area contributed by atoms with Crippen LogP contribution in [0.25, 0.3) is 10.9 Å². The van der Waals surface area contributed by atoms with Gasteiger partial charge >= 0.3 is 5.97 Å². The van der Waals surface area contributed by atoms with Crippen LogP contribution in [0.2, 0.25) is 0 Å². The molecule has 8 nitrogen and oxygen atoms in total. The van der Waals surface area contributed by atoms with E-state index < -0.39 is 23.8 Å². The number of aromatic nitrogens is 1. The number of aromatic amines is 1. The normalized spacial score (nSPS) is 11.6. The lowest BCUT2D eigenvalue weighted by Crippen LogP contribution is -2.42. The number of carbonyl (C=O) groups excluding carboxylic acids is 2. The smallest absolute Gasteiger partial charge is 0.326 e. The molecule has 4 rings (SSSR count). The molecule has 0 aliphatic carbocycles. The number of carbonyl (C=O) groups is 3. The number of ether oxygens (including phenoxy) is 1. The summed E-state index contributed by atoms with van der Waals surface area (Å²) < 4.78 is 5.10. The minimum absolute atomic E-state index is 0.103. The summed E-state index contributed by atoms with van der Waals surface area (Å²) in [6.07, 6.45) is 1.85. The number of para-hydroxylation sites is 2. The molecule has 2 amide bonds. The monoisotopic (exact) mass is 457 g/mol. The van der Waals surface area contributed by atoms with E-state index >= 15 is 0 Å². The highest BCUT2D eigenvalue weighted by atomic mass is 16.5. The third-order valence-electron chi connectivity index (χ3n) is 5.47. The summed E-state index contributed by atoms with van der Waals surface area (Å²) in [6, 6.07) is 19.4. The summed E-state index contributed by atoms with van der Waals surface area (Å²) in [5.41, 5.74) is 2.49. The van der Waals surface area contributed by atoms with Crippen LogP contribution in [-0.2, 0) is 11.2 Å². The Labute approximate surface area is 195 Å². The first-order valence-corrected chi connectivity index (χ1v) is 10.6. The molecule has 172 valence electrons. The number of carboxylic acids is 1. The number of aliphatic carboxylic acids is 1. The highest BCUT2D eigenvalue weighted by Gasteiger charge is 2.24. The minimum Gasteiger partial charge on any atom is -0.497 e. The fraction of sp³-hybridized carbons (Fsp3) is 0.115. The lowest BCUT2D eigenvalue weighted by molar-refractivity contribution is -0.139. The predicted molar refractivity (Wildman–Crippen MR) is 128 cm³/mol. The van der Waals surface area contributed by atoms with Crippen LogP contribution < -0.4 is 15.4 Å². The van der Waals surface area contributed by atoms with Crippen molar-refractivity contribution in [3.63, 3.8) is 0 Å². The molecular formula is C26H23N3O5. The molecule has 1 atom stereocenters. The zero-order valence-electron chi connectivity index (χ0n) is 18.4. The minimum atomic E-state index is -1.16. The molecule has 4 aromatic rings. The number of hydrogen-bond donors (Lipinski definition) is 4. The van der Waals surface area contributed by atoms with Gasteiger partial charge in [0.05, 0.1) is 18.4 Å². The van der Waals surface area contributed by atoms with Crippen molar-refractivity contribution >= 4 is 34.4 Å². The number of hydrogen-bond acceptors (Lipinski definition) is 4. The first-order chi connectivity index (χ1) is 16.5. The third kappa shape index (κ3) is 4.91. The van der Waals surface area contributed by atoms with E-state index in [-0.39, 0.29) is 17.7 Å². The van der Waals surface area contributed by atoms with Crippen molar-refractivity contribution in [1.29, 1.82) is 0 Å². The fourth-order valence-corrected chi connectivity index (χ4v) is 3.68. The molecule has 0 radical (unpaired) electrons. The molecule has 0 aliphatic rings. The Morgan fingerprint density at radius 2 is 1.65 bits per heavy atom. The van der Waals surface area contributed by atoms with E-state index in [1.54, 1.807) is 48.7 Å². The molecule has 0 fully saturated rings. The van der Waals surface area contributed by atoms with Crippen LogP contribution >= 0.6 is 0 Å². The molecule has 0 spiro atoms. The summed E-state index contributed by atoms with van der Waals surface area (Å²) in [7, 11) is 1.53. The molecule has 1 heterocycles. The number of methoxy groups -OCH3 is 1. The number of nitrogens with one attached hydrogen (secondary N) is 3. The summed E-state index contributed by atoms with van der Waals surface area (Å²) in [4.78, 5) is 40.7. The second-order valence-corrected chi connectivity index (χ2v) is 7.66. The standard InChI is InChI=1S/C26H23N3O5/c1-34-18-12-10-16(11-13-18)24(30)28-22-9-5-3-7-20(22)25(31)29-23(26(32)33)14-17-15-27-21-8-4-2-6-19(17)21/h2-13,15,23,27H,14H2,1H3,(H,28,30)(H,29,31)(H,32,33)/t23-/m0/s1. The van der Waals surface area contributed by atoms with Gasteiger partial charge in [0.25, 0.3) is 11.8 Å². The van der Waals surface area contributed by atoms with E-state index in [1.807, 2.05) is 24.3 Å². The molecule has 0 saturated heterocycles. The van der Waals surface area contributed by atoms with Gasteiger partial charge in [-0.05, 0) is 48.0 Å². The Balaban J connectivity index is 1.51. The van der Waals surface area contributed by atoms with Gasteiger partial charge in [0, 0.05) is 29.1 Å². The lowest BCUT2D eigenvalue weighted by Gasteiger charge is -2.16. The van der Waals surface area contributed by atoms with E-state index in [4.69, 9.17) is 4.74 Å². The average molecular weight is 457 g/mol. The molecule has 0 bridgehead atoms. The SMILES string of the molecule is COc1ccc(C(=O)Nc2ccccc2C(=O)N[C@@H](Cc2c[nH]c3ccccc23)C(=O)O)cc1. The largest absolute Gasteiger partial charge is 0.497 e. The number of amides is 2. The van der Waals surface area contributed by atoms with Crippen LogP contribution in [0, 0.1) is 0 Å². The Morgan fingerprint density at radius 1 is 0.941 bits per heavy atom. The molecule has 0 aliphatic heterocycles. The first kappa shape index (κ1) is 22.6. The zero-order valence-corrected chi connectivity index (χ0v) is 18.4. The third-order valence-corrected chi connectivity index (χ3v) is 5.47. The van der Waals surface area contributed by atoms with Crippen molar-refractivity contribution in [1.82, 2.24) is 10.3 Å². The summed E-state index contributed by atoms with van der Waals surface area (Å²) in [6.45, 7) is 0. The zero-order chi connectivity index (χ0) is 24.1. The van der Waals surface area contributed by atoms with Crippen LogP contribution in [-0.4, -0.2) is 41.0 Å². The Bertz CT molecular complexity index is 1340. The van der Waals surface area contributed by atoms with Gasteiger partial charge in [0.2, 0.25) is 0 Å². The molecule has 1 aromatic heterocycles. The van der Waals surface area contributed by atoms with E-state index in [0.717, 1.165) is 16.5 Å². The van der Waals surface area contributed by atoms with Crippen LogP contribution in [0.15, 0.2) is 79.0 Å². The van der Waals surface area contributed by atoms with Crippen molar-refractivity contribution in [3.8, 4) is 5.75 Å². The molecule has 34 heavy (non-hydrogen) atoms. The molecule has 0 saturated carbocycles. The van der Waals surface area contributed by atoms with Crippen molar-refractivity contribution < 1.29 is 24.2 Å². The van der Waals surface area contributed by atoms with Gasteiger partial charge in [-0.3, -0.25) is 9.59 Å². The Kier molecular flexibility index (Phi) is 6.59. The maximum atomic E-state index is 13.0. The van der Waals surface area contributed by atoms with Crippen molar-refractivity contribution in [2.24, 2.45) is 0 Å². The predicted octanol–water partition coefficient (Wildman–Crippen LogP) is 3.85. The first-order valence-electron chi connectivity index (χ1n) is 10.6. The second-order valence-electron chi connectivity index (χ2n) is 7.66. The van der Waals surface area contributed by atoms with Crippen molar-refractivity contribution in [3.05, 3.63) is 95.7 Å². The van der Waals surface area contributed by atoms with E-state index in [1.165, 1.54) is 13.2 Å². The number of carboxylic acid groups (broad SMARTS) is 1. The van der Waals surface area contributed by atoms with Crippen LogP contribution in [0.5, 0.6) is 5.75 Å². The van der Waals surface area contributed by atoms with Crippen molar-refractivity contribution in [2.75, 3.05) is 12.4 Å². The maximum Gasteiger partial charge on any atom is 0.326 e. The lowest BCUT2D eigenvalue weighted by atomic mass is 10.0. The van der Waals surface area contributed by atoms with Gasteiger partial charge in [-0.15, -0.1) is 0 Å². The van der Waals surface area contributed by atoms with E-state index in [2.05, 4.69) is 15.6 Å². The van der Waals surface area contributed by atoms with Gasteiger partial charge in [0.1, 0.15) is 11.8 Å². The molecule has 0 unspecified atom stereocenters. The maximum absolute atomic E-state index is 13.0. The van der Waals surface area contributed by atoms with Crippen LogP contribution in [0.4, 0.5) is 5.69 Å². The second kappa shape index (κ2) is 9.91. The summed E-state index contributed by atoms with van der Waals surface area (Å²) in [5, 5.41) is 15.9. The quantitative estimate of drug-likeness (QED) is 0.320. The van der Waals surface area contributed by atoms with E-state index in [0.29, 0.717) is 11.3 Å². The number of rotatable bonds is 8. The molecule has 8 heteroatoms. The highest BCUT2D eigenvalue weighted by molar-refractivity contribution is 6.09. The van der Waals surface area contributed by atoms with Crippen LogP contribution in [0.1, 0.15) is 26.3 Å². The molecule has 3 aromatic carbocycles. The van der Waals surface area contributed by atoms with Gasteiger partial charge < -0.3 is 25.5 Å². The average Bonchev–Trinajstić information content (AvgIpc) is 3.26. The number of anilines is 1. The van der Waals surface area contributed by atoms with Crippen LogP contribution in [0.3, 0.4) is 0 Å². The highest BCUT2D eigenvalue weighted by Crippen LogP contribution is 2.21. The number of fused-ring (bicyclic) bond motifs is 1. The topological polar surface area (TPSA) is 121 Å². The Hall–Kier alpha value is -4.59. The van der Waals surface area contributed by atoms with E-state index in [9.17, 15) is 19.5 Å². The fourth-order valence-electron chi connectivity index (χ4n) is 3.68. The molecular weight excluding hydrogens is 434 g/mol. The van der Waals surface area contributed by atoms with Gasteiger partial charge in [0.15, 0.2) is 0 Å². The van der Waals surface area contributed by atoms with Crippen molar-refractivity contribution in [2.45, 2.75) is 12.5 Å². The van der Waals surface area contributed by atoms with Gasteiger partial charge in [-0.1, -0.05) is 30.3 Å². The Morgan fingerprint density at radius 3 is 2.38 bits per heavy atom. The summed E-state index contributed by atoms with van der Waals surface area (Å²) in [5.74, 6) is -1.54. The van der Waals surface area contributed by atoms with Gasteiger partial charge in [-0.2, -0.15) is 0 Å². The molecule has 4 N–H and O–H groups in total. The van der Waals surface area contributed by atoms with Gasteiger partial charge in [-0.25, -0.2) is 4.79 Å². The number of benzene rings is 3.